The molecule has 1 unspecified atom stereocenters. The van der Waals surface area contributed by atoms with E-state index in [-0.39, 0.29) is 36.4 Å². The smallest absolute Gasteiger partial charge is 0.249 e. The number of hydrogen-bond donors (Lipinski definition) is 1. The quantitative estimate of drug-likeness (QED) is 0.923. The second-order valence-corrected chi connectivity index (χ2v) is 5.35. The molecule has 1 aliphatic heterocycles. The van der Waals surface area contributed by atoms with E-state index in [0.717, 1.165) is 0 Å². The van der Waals surface area contributed by atoms with Crippen molar-refractivity contribution in [3.8, 4) is 5.75 Å². The normalized spacial score (nSPS) is 19.5. The van der Waals surface area contributed by atoms with Crippen molar-refractivity contribution in [3.05, 3.63) is 24.0 Å². The number of carbonyl (C=O) groups is 2. The summed E-state index contributed by atoms with van der Waals surface area (Å²) < 4.78 is 19.1. The van der Waals surface area contributed by atoms with Crippen molar-refractivity contribution in [1.29, 1.82) is 0 Å². The van der Waals surface area contributed by atoms with E-state index in [1.165, 1.54) is 30.2 Å². The van der Waals surface area contributed by atoms with Gasteiger partial charge in [0.2, 0.25) is 11.8 Å². The first-order valence-corrected chi connectivity index (χ1v) is 6.88. The Balaban J connectivity index is 2.41. The minimum Gasteiger partial charge on any atom is -0.497 e. The Morgan fingerprint density at radius 3 is 2.71 bits per heavy atom. The number of anilines is 1. The van der Waals surface area contributed by atoms with E-state index in [0.29, 0.717) is 5.75 Å². The van der Waals surface area contributed by atoms with E-state index >= 15 is 0 Å². The fourth-order valence-electron chi connectivity index (χ4n) is 2.32. The highest BCUT2D eigenvalue weighted by atomic mass is 19.1. The van der Waals surface area contributed by atoms with Crippen LogP contribution in [0.4, 0.5) is 10.1 Å². The second kappa shape index (κ2) is 6.11. The van der Waals surface area contributed by atoms with Crippen molar-refractivity contribution in [3.63, 3.8) is 0 Å². The fourth-order valence-corrected chi connectivity index (χ4v) is 2.32. The van der Waals surface area contributed by atoms with Crippen LogP contribution in [0.25, 0.3) is 0 Å². The molecule has 1 aromatic carbocycles. The monoisotopic (exact) mass is 294 g/mol. The molecule has 2 rings (SSSR count). The number of rotatable bonds is 3. The maximum atomic E-state index is 14.1. The van der Waals surface area contributed by atoms with Gasteiger partial charge in [0.25, 0.3) is 0 Å². The third kappa shape index (κ3) is 3.15. The van der Waals surface area contributed by atoms with E-state index in [1.54, 1.807) is 0 Å². The molecular weight excluding hydrogens is 275 g/mol. The summed E-state index contributed by atoms with van der Waals surface area (Å²) in [5.41, 5.74) is 0.140. The molecule has 1 aromatic rings. The number of nitrogens with zero attached hydrogens (tertiary/aromatic N) is 1. The van der Waals surface area contributed by atoms with Crippen LogP contribution in [-0.4, -0.2) is 31.5 Å². The van der Waals surface area contributed by atoms with Crippen LogP contribution in [0.2, 0.25) is 0 Å². The summed E-state index contributed by atoms with van der Waals surface area (Å²) in [7, 11) is 1.48. The van der Waals surface area contributed by atoms with Gasteiger partial charge in [0.15, 0.2) is 0 Å². The molecule has 1 N–H and O–H groups in total. The van der Waals surface area contributed by atoms with E-state index < -0.39 is 11.9 Å². The number of carbonyl (C=O) groups excluding carboxylic acids is 2. The van der Waals surface area contributed by atoms with Crippen molar-refractivity contribution in [2.75, 3.05) is 18.6 Å². The highest BCUT2D eigenvalue weighted by Crippen LogP contribution is 2.27. The molecule has 2 amide bonds. The molecule has 0 aromatic heterocycles. The summed E-state index contributed by atoms with van der Waals surface area (Å²) in [5.74, 6) is -0.628. The lowest BCUT2D eigenvalue weighted by Crippen LogP contribution is -2.48. The highest BCUT2D eigenvalue weighted by Gasteiger charge is 2.33. The Labute approximate surface area is 123 Å². The maximum Gasteiger partial charge on any atom is 0.249 e. The average molecular weight is 294 g/mol. The Bertz CT molecular complexity index is 560. The maximum absolute atomic E-state index is 14.1. The summed E-state index contributed by atoms with van der Waals surface area (Å²) in [6.45, 7) is 3.83. The molecule has 5 nitrogen and oxygen atoms in total. The standard InChI is InChI=1S/C15H19FN2O3/c1-9(2)14-15(20)18(7-6-13(19)17-14)12-8-10(21-3)4-5-11(12)16/h4-5,8-9,14H,6-7H2,1-3H3,(H,17,19). The highest BCUT2D eigenvalue weighted by molar-refractivity contribution is 6.01. The topological polar surface area (TPSA) is 58.6 Å². The number of halogens is 1. The minimum absolute atomic E-state index is 0.0734. The second-order valence-electron chi connectivity index (χ2n) is 5.35. The van der Waals surface area contributed by atoms with Gasteiger partial charge in [0.05, 0.1) is 12.8 Å². The Morgan fingerprint density at radius 2 is 2.10 bits per heavy atom. The van der Waals surface area contributed by atoms with Gasteiger partial charge in [-0.1, -0.05) is 13.8 Å². The molecular formula is C15H19FN2O3. The van der Waals surface area contributed by atoms with Crippen molar-refractivity contribution in [1.82, 2.24) is 5.32 Å². The molecule has 1 fully saturated rings. The van der Waals surface area contributed by atoms with E-state index in [4.69, 9.17) is 4.74 Å². The molecule has 1 saturated heterocycles. The van der Waals surface area contributed by atoms with Crippen LogP contribution in [0, 0.1) is 11.7 Å². The van der Waals surface area contributed by atoms with Gasteiger partial charge in [-0.3, -0.25) is 9.59 Å². The summed E-state index contributed by atoms with van der Waals surface area (Å²) >= 11 is 0. The molecule has 1 aliphatic rings. The Hall–Kier alpha value is -2.11. The molecule has 0 spiro atoms. The molecule has 6 heteroatoms. The van der Waals surface area contributed by atoms with Crippen LogP contribution in [0.5, 0.6) is 5.75 Å². The van der Waals surface area contributed by atoms with Crippen LogP contribution in [0.3, 0.4) is 0 Å². The molecule has 1 heterocycles. The average Bonchev–Trinajstić information content (AvgIpc) is 2.59. The zero-order chi connectivity index (χ0) is 15.6. The van der Waals surface area contributed by atoms with Gasteiger partial charge in [-0.15, -0.1) is 0 Å². The third-order valence-corrected chi connectivity index (χ3v) is 3.52. The lowest BCUT2D eigenvalue weighted by Gasteiger charge is -2.26. The summed E-state index contributed by atoms with van der Waals surface area (Å²) in [6.07, 6.45) is 0.144. The van der Waals surface area contributed by atoms with Gasteiger partial charge in [0, 0.05) is 19.0 Å². The van der Waals surface area contributed by atoms with Crippen LogP contribution < -0.4 is 15.0 Å². The van der Waals surface area contributed by atoms with E-state index in [9.17, 15) is 14.0 Å². The Morgan fingerprint density at radius 1 is 1.38 bits per heavy atom. The van der Waals surface area contributed by atoms with Gasteiger partial charge in [-0.2, -0.15) is 0 Å². The van der Waals surface area contributed by atoms with E-state index in [1.807, 2.05) is 13.8 Å². The van der Waals surface area contributed by atoms with Gasteiger partial charge in [0.1, 0.15) is 17.6 Å². The van der Waals surface area contributed by atoms with Crippen molar-refractivity contribution < 1.29 is 18.7 Å². The van der Waals surface area contributed by atoms with Crippen molar-refractivity contribution in [2.45, 2.75) is 26.3 Å². The first-order valence-electron chi connectivity index (χ1n) is 6.88. The first-order chi connectivity index (χ1) is 9.93. The lowest BCUT2D eigenvalue weighted by atomic mass is 10.0. The van der Waals surface area contributed by atoms with Crippen LogP contribution in [0.15, 0.2) is 18.2 Å². The van der Waals surface area contributed by atoms with Gasteiger partial charge in [-0.25, -0.2) is 4.39 Å². The van der Waals surface area contributed by atoms with Gasteiger partial charge >= 0.3 is 0 Å². The fraction of sp³-hybridized carbons (Fsp3) is 0.467. The molecule has 1 atom stereocenters. The predicted octanol–water partition coefficient (Wildman–Crippen LogP) is 1.71. The van der Waals surface area contributed by atoms with Gasteiger partial charge in [-0.05, 0) is 18.1 Å². The number of hydrogen-bond acceptors (Lipinski definition) is 3. The van der Waals surface area contributed by atoms with Crippen molar-refractivity contribution in [2.24, 2.45) is 5.92 Å². The summed E-state index contributed by atoms with van der Waals surface area (Å²) in [5, 5.41) is 2.69. The summed E-state index contributed by atoms with van der Waals surface area (Å²) in [6, 6.07) is 3.57. The number of ether oxygens (including phenoxy) is 1. The number of benzene rings is 1. The zero-order valence-electron chi connectivity index (χ0n) is 12.4. The largest absolute Gasteiger partial charge is 0.497 e. The first kappa shape index (κ1) is 15.3. The number of amides is 2. The molecule has 0 aliphatic carbocycles. The molecule has 114 valence electrons. The van der Waals surface area contributed by atoms with Crippen LogP contribution in [-0.2, 0) is 9.59 Å². The predicted molar refractivity (Wildman–Crippen MR) is 76.7 cm³/mol. The molecule has 0 radical (unpaired) electrons. The van der Waals surface area contributed by atoms with Gasteiger partial charge < -0.3 is 15.0 Å². The van der Waals surface area contributed by atoms with Crippen LogP contribution in [0.1, 0.15) is 20.3 Å². The third-order valence-electron chi connectivity index (χ3n) is 3.52. The molecule has 0 bridgehead atoms. The van der Waals surface area contributed by atoms with Crippen LogP contribution >= 0.6 is 0 Å². The summed E-state index contributed by atoms with van der Waals surface area (Å²) in [4.78, 5) is 25.6. The van der Waals surface area contributed by atoms with E-state index in [2.05, 4.69) is 5.32 Å². The number of nitrogens with one attached hydrogen (secondary N) is 1. The zero-order valence-corrected chi connectivity index (χ0v) is 12.4. The molecule has 21 heavy (non-hydrogen) atoms. The minimum atomic E-state index is -0.648. The molecule has 0 saturated carbocycles. The SMILES string of the molecule is COc1ccc(F)c(N2CCC(=O)NC(C(C)C)C2=O)c1. The Kier molecular flexibility index (Phi) is 4.45. The van der Waals surface area contributed by atoms with Crippen molar-refractivity contribution >= 4 is 17.5 Å². The number of methoxy groups -OCH3 is 1. The lowest BCUT2D eigenvalue weighted by molar-refractivity contribution is -0.126.